The number of hydrogen-bond donors (Lipinski definition) is 2. The number of amides is 2. The highest BCUT2D eigenvalue weighted by Crippen LogP contribution is 2.17. The zero-order chi connectivity index (χ0) is 17.6. The number of nitrogens with zero attached hydrogens (tertiary/aromatic N) is 3. The first-order valence-electron chi connectivity index (χ1n) is 9.44. The van der Waals surface area contributed by atoms with Crippen LogP contribution in [0.4, 0.5) is 0 Å². The summed E-state index contributed by atoms with van der Waals surface area (Å²) in [6.45, 7) is 1.68. The van der Waals surface area contributed by atoms with Crippen molar-refractivity contribution < 1.29 is 9.59 Å². The summed E-state index contributed by atoms with van der Waals surface area (Å²) in [6.07, 6.45) is 11.1. The van der Waals surface area contributed by atoms with E-state index in [4.69, 9.17) is 0 Å². The Morgan fingerprint density at radius 1 is 1.15 bits per heavy atom. The molecule has 0 aromatic carbocycles. The molecular formula is C18H30ClN5O2. The van der Waals surface area contributed by atoms with Crippen molar-refractivity contribution in [3.05, 3.63) is 18.0 Å². The molecule has 3 rings (SSSR count). The van der Waals surface area contributed by atoms with E-state index in [1.807, 2.05) is 11.9 Å². The van der Waals surface area contributed by atoms with Crippen molar-refractivity contribution >= 4 is 24.2 Å². The minimum Gasteiger partial charge on any atom is -0.352 e. The lowest BCUT2D eigenvalue weighted by atomic mass is 9.95. The van der Waals surface area contributed by atoms with Gasteiger partial charge in [0.15, 0.2) is 0 Å². The Labute approximate surface area is 161 Å². The molecule has 7 nitrogen and oxygen atoms in total. The van der Waals surface area contributed by atoms with Gasteiger partial charge in [-0.2, -0.15) is 5.10 Å². The highest BCUT2D eigenvalue weighted by molar-refractivity contribution is 5.94. The SMILES string of the molecule is CNC1CCCN(C(=O)c2cnn(CC(=O)NC3CCCCC3)c2)C1.Cl. The van der Waals surface area contributed by atoms with E-state index in [2.05, 4.69) is 15.7 Å². The molecule has 1 unspecified atom stereocenters. The summed E-state index contributed by atoms with van der Waals surface area (Å²) in [5.41, 5.74) is 0.558. The van der Waals surface area contributed by atoms with E-state index < -0.39 is 0 Å². The fourth-order valence-electron chi connectivity index (χ4n) is 3.81. The number of carbonyl (C=O) groups is 2. The smallest absolute Gasteiger partial charge is 0.257 e. The first-order chi connectivity index (χ1) is 12.2. The number of likely N-dealkylation sites (tertiary alicyclic amines) is 1. The largest absolute Gasteiger partial charge is 0.352 e. The maximum Gasteiger partial charge on any atom is 0.257 e. The Morgan fingerprint density at radius 3 is 2.62 bits per heavy atom. The number of hydrogen-bond acceptors (Lipinski definition) is 4. The molecule has 2 heterocycles. The van der Waals surface area contributed by atoms with Gasteiger partial charge in [-0.15, -0.1) is 12.4 Å². The molecule has 0 spiro atoms. The fourth-order valence-corrected chi connectivity index (χ4v) is 3.81. The highest BCUT2D eigenvalue weighted by atomic mass is 35.5. The van der Waals surface area contributed by atoms with E-state index in [1.165, 1.54) is 19.3 Å². The van der Waals surface area contributed by atoms with Gasteiger partial charge in [0.25, 0.3) is 5.91 Å². The number of nitrogens with one attached hydrogen (secondary N) is 2. The second-order valence-corrected chi connectivity index (χ2v) is 7.21. The van der Waals surface area contributed by atoms with Gasteiger partial charge in [-0.25, -0.2) is 0 Å². The molecular weight excluding hydrogens is 354 g/mol. The standard InChI is InChI=1S/C18H29N5O2.ClH/c1-19-16-8-5-9-22(12-16)18(25)14-10-20-23(11-14)13-17(24)21-15-6-3-2-4-7-15;/h10-11,15-16,19H,2-9,12-13H2,1H3,(H,21,24);1H. The number of rotatable bonds is 5. The number of likely N-dealkylation sites (N-methyl/N-ethyl adjacent to an activating group) is 1. The zero-order valence-electron chi connectivity index (χ0n) is 15.4. The molecule has 1 atom stereocenters. The third-order valence-electron chi connectivity index (χ3n) is 5.27. The van der Waals surface area contributed by atoms with Crippen LogP contribution < -0.4 is 10.6 Å². The van der Waals surface area contributed by atoms with Crippen LogP contribution >= 0.6 is 12.4 Å². The maximum absolute atomic E-state index is 12.6. The van der Waals surface area contributed by atoms with Crippen molar-refractivity contribution in [3.63, 3.8) is 0 Å². The first kappa shape index (κ1) is 20.7. The van der Waals surface area contributed by atoms with Gasteiger partial charge in [-0.3, -0.25) is 14.3 Å². The van der Waals surface area contributed by atoms with Crippen molar-refractivity contribution in [2.24, 2.45) is 0 Å². The molecule has 1 aliphatic heterocycles. The van der Waals surface area contributed by atoms with Crippen LogP contribution in [0.3, 0.4) is 0 Å². The summed E-state index contributed by atoms with van der Waals surface area (Å²) in [7, 11) is 1.93. The third kappa shape index (κ3) is 5.45. The second-order valence-electron chi connectivity index (χ2n) is 7.21. The van der Waals surface area contributed by atoms with Crippen molar-refractivity contribution in [1.29, 1.82) is 0 Å². The quantitative estimate of drug-likeness (QED) is 0.809. The lowest BCUT2D eigenvalue weighted by Crippen LogP contribution is -2.46. The second kappa shape index (κ2) is 9.92. The van der Waals surface area contributed by atoms with Crippen LogP contribution in [0.15, 0.2) is 12.4 Å². The predicted molar refractivity (Wildman–Crippen MR) is 102 cm³/mol. The molecule has 8 heteroatoms. The number of piperidine rings is 1. The van der Waals surface area contributed by atoms with Crippen LogP contribution in [-0.2, 0) is 11.3 Å². The summed E-state index contributed by atoms with van der Waals surface area (Å²) >= 11 is 0. The van der Waals surface area contributed by atoms with E-state index in [0.717, 1.165) is 38.8 Å². The summed E-state index contributed by atoms with van der Waals surface area (Å²) in [6, 6.07) is 0.652. The van der Waals surface area contributed by atoms with Crippen molar-refractivity contribution in [3.8, 4) is 0 Å². The summed E-state index contributed by atoms with van der Waals surface area (Å²) in [4.78, 5) is 26.7. The Balaban J connectivity index is 0.00000243. The molecule has 1 saturated heterocycles. The van der Waals surface area contributed by atoms with E-state index in [-0.39, 0.29) is 30.8 Å². The van der Waals surface area contributed by atoms with Gasteiger partial charge in [0.05, 0.1) is 11.8 Å². The molecule has 146 valence electrons. The molecule has 1 aromatic rings. The van der Waals surface area contributed by atoms with Crippen LogP contribution in [0.2, 0.25) is 0 Å². The number of aromatic nitrogens is 2. The van der Waals surface area contributed by atoms with Gasteiger partial charge >= 0.3 is 0 Å². The van der Waals surface area contributed by atoms with E-state index in [1.54, 1.807) is 17.1 Å². The van der Waals surface area contributed by atoms with Crippen molar-refractivity contribution in [1.82, 2.24) is 25.3 Å². The molecule has 0 bridgehead atoms. The topological polar surface area (TPSA) is 79.3 Å². The highest BCUT2D eigenvalue weighted by Gasteiger charge is 2.24. The average Bonchev–Trinajstić information content (AvgIpc) is 3.10. The molecule has 2 fully saturated rings. The molecule has 1 aromatic heterocycles. The Hall–Kier alpha value is -1.60. The van der Waals surface area contributed by atoms with Crippen molar-refractivity contribution in [2.75, 3.05) is 20.1 Å². The molecule has 26 heavy (non-hydrogen) atoms. The first-order valence-corrected chi connectivity index (χ1v) is 9.44. The van der Waals surface area contributed by atoms with Gasteiger partial charge in [0, 0.05) is 31.4 Å². The fraction of sp³-hybridized carbons (Fsp3) is 0.722. The average molecular weight is 384 g/mol. The van der Waals surface area contributed by atoms with E-state index in [0.29, 0.717) is 17.6 Å². The van der Waals surface area contributed by atoms with Gasteiger partial charge in [-0.05, 0) is 32.7 Å². The summed E-state index contributed by atoms with van der Waals surface area (Å²) < 4.78 is 1.56. The Morgan fingerprint density at radius 2 is 1.88 bits per heavy atom. The number of halogens is 1. The van der Waals surface area contributed by atoms with Gasteiger partial charge in [0.1, 0.15) is 6.54 Å². The maximum atomic E-state index is 12.6. The molecule has 2 N–H and O–H groups in total. The van der Waals surface area contributed by atoms with Crippen LogP contribution in [0.5, 0.6) is 0 Å². The van der Waals surface area contributed by atoms with E-state index in [9.17, 15) is 9.59 Å². The summed E-state index contributed by atoms with van der Waals surface area (Å²) in [5, 5.41) is 10.5. The molecule has 0 radical (unpaired) electrons. The van der Waals surface area contributed by atoms with Gasteiger partial charge in [0.2, 0.25) is 5.91 Å². The van der Waals surface area contributed by atoms with Crippen LogP contribution in [0.1, 0.15) is 55.3 Å². The lowest BCUT2D eigenvalue weighted by molar-refractivity contribution is -0.122. The minimum atomic E-state index is -0.0257. The Bertz CT molecular complexity index is 600. The summed E-state index contributed by atoms with van der Waals surface area (Å²) in [5.74, 6) is -0.0268. The third-order valence-corrected chi connectivity index (χ3v) is 5.27. The normalized spacial score (nSPS) is 21.1. The van der Waals surface area contributed by atoms with Crippen molar-refractivity contribution in [2.45, 2.75) is 63.6 Å². The molecule has 1 aliphatic carbocycles. The van der Waals surface area contributed by atoms with Crippen LogP contribution in [0, 0.1) is 0 Å². The molecule has 2 aliphatic rings. The zero-order valence-corrected chi connectivity index (χ0v) is 16.3. The molecule has 1 saturated carbocycles. The predicted octanol–water partition coefficient (Wildman–Crippen LogP) is 1.58. The van der Waals surface area contributed by atoms with E-state index >= 15 is 0 Å². The molecule has 2 amide bonds. The Kier molecular flexibility index (Phi) is 7.90. The van der Waals surface area contributed by atoms with Gasteiger partial charge in [-0.1, -0.05) is 19.3 Å². The lowest BCUT2D eigenvalue weighted by Gasteiger charge is -2.32. The van der Waals surface area contributed by atoms with Crippen LogP contribution in [-0.4, -0.2) is 58.7 Å². The van der Waals surface area contributed by atoms with Crippen LogP contribution in [0.25, 0.3) is 0 Å². The van der Waals surface area contributed by atoms with Gasteiger partial charge < -0.3 is 15.5 Å². The number of carbonyl (C=O) groups excluding carboxylic acids is 2. The monoisotopic (exact) mass is 383 g/mol. The minimum absolute atomic E-state index is 0.